The van der Waals surface area contributed by atoms with E-state index in [2.05, 4.69) is 26.6 Å². The van der Waals surface area contributed by atoms with Gasteiger partial charge in [0, 0.05) is 21.8 Å². The van der Waals surface area contributed by atoms with Crippen molar-refractivity contribution in [3.63, 3.8) is 0 Å². The number of carbonyl (C=O) groups excluding carboxylic acids is 1. The minimum atomic E-state index is -0.184. The number of rotatable bonds is 4. The second-order valence-corrected chi connectivity index (χ2v) is 6.84. The molecule has 1 heterocycles. The number of benzene rings is 1. The highest BCUT2D eigenvalue weighted by atomic mass is 79.9. The Morgan fingerprint density at radius 1 is 1.21 bits per heavy atom. The van der Waals surface area contributed by atoms with Gasteiger partial charge in [0.05, 0.1) is 0 Å². The van der Waals surface area contributed by atoms with Gasteiger partial charge in [-0.15, -0.1) is 0 Å². The molecule has 2 aliphatic carbocycles. The molecule has 100 valence electrons. The van der Waals surface area contributed by atoms with Crippen molar-refractivity contribution in [2.24, 2.45) is 11.8 Å². The topological polar surface area (TPSA) is 41.1 Å². The van der Waals surface area contributed by atoms with Gasteiger partial charge in [0.2, 0.25) is 5.91 Å². The molecule has 2 saturated carbocycles. The van der Waals surface area contributed by atoms with Crippen molar-refractivity contribution < 1.29 is 4.79 Å². The van der Waals surface area contributed by atoms with Crippen LogP contribution < -0.4 is 10.6 Å². The molecule has 3 aliphatic rings. The van der Waals surface area contributed by atoms with E-state index in [1.54, 1.807) is 0 Å². The van der Waals surface area contributed by atoms with Gasteiger partial charge >= 0.3 is 0 Å². The molecule has 2 fully saturated rings. The molecular formula is C15H17BrN2O. The third-order valence-electron chi connectivity index (χ3n) is 4.48. The monoisotopic (exact) mass is 320 g/mol. The zero-order valence-electron chi connectivity index (χ0n) is 10.7. The van der Waals surface area contributed by atoms with Crippen molar-refractivity contribution in [1.82, 2.24) is 5.32 Å². The van der Waals surface area contributed by atoms with Crippen LogP contribution in [0.1, 0.15) is 37.3 Å². The van der Waals surface area contributed by atoms with E-state index in [4.69, 9.17) is 0 Å². The van der Waals surface area contributed by atoms with Gasteiger partial charge in [-0.2, -0.15) is 0 Å². The van der Waals surface area contributed by atoms with E-state index in [0.29, 0.717) is 6.04 Å². The summed E-state index contributed by atoms with van der Waals surface area (Å²) < 4.78 is 1.02. The van der Waals surface area contributed by atoms with Crippen LogP contribution in [-0.2, 0) is 4.79 Å². The van der Waals surface area contributed by atoms with Gasteiger partial charge in [-0.05, 0) is 49.7 Å². The Morgan fingerprint density at radius 3 is 2.53 bits per heavy atom. The van der Waals surface area contributed by atoms with Gasteiger partial charge in [-0.1, -0.05) is 22.0 Å². The Kier molecular flexibility index (Phi) is 2.71. The fourth-order valence-corrected chi connectivity index (χ4v) is 3.79. The lowest BCUT2D eigenvalue weighted by molar-refractivity contribution is -0.118. The van der Waals surface area contributed by atoms with E-state index < -0.39 is 0 Å². The first-order valence-corrected chi connectivity index (χ1v) is 7.88. The van der Waals surface area contributed by atoms with Crippen molar-refractivity contribution in [2.45, 2.75) is 37.8 Å². The summed E-state index contributed by atoms with van der Waals surface area (Å²) in [5.74, 6) is 1.69. The number of carbonyl (C=O) groups is 1. The zero-order chi connectivity index (χ0) is 13.0. The number of anilines is 1. The number of hydrogen-bond donors (Lipinski definition) is 2. The Bertz CT molecular complexity index is 525. The number of nitrogens with one attached hydrogen (secondary N) is 2. The van der Waals surface area contributed by atoms with Crippen molar-refractivity contribution in [1.29, 1.82) is 0 Å². The quantitative estimate of drug-likeness (QED) is 0.894. The van der Waals surface area contributed by atoms with Crippen molar-refractivity contribution >= 4 is 27.5 Å². The van der Waals surface area contributed by atoms with E-state index in [9.17, 15) is 4.79 Å². The Labute approximate surface area is 121 Å². The molecule has 0 spiro atoms. The van der Waals surface area contributed by atoms with E-state index in [0.717, 1.165) is 27.6 Å². The third kappa shape index (κ3) is 2.11. The van der Waals surface area contributed by atoms with E-state index in [1.165, 1.54) is 25.7 Å². The fraction of sp³-hybridized carbons (Fsp3) is 0.533. The predicted octanol–water partition coefficient (Wildman–Crippen LogP) is 3.22. The summed E-state index contributed by atoms with van der Waals surface area (Å²) in [6, 6.07) is 6.30. The van der Waals surface area contributed by atoms with Crippen LogP contribution in [0.5, 0.6) is 0 Å². The van der Waals surface area contributed by atoms with Crippen LogP contribution in [0.15, 0.2) is 22.7 Å². The molecule has 2 N–H and O–H groups in total. The highest BCUT2D eigenvalue weighted by molar-refractivity contribution is 9.10. The SMILES string of the molecule is O=C1Nc2cccc(Br)c2C1NC(C1CC1)C1CC1. The first-order valence-electron chi connectivity index (χ1n) is 7.09. The lowest BCUT2D eigenvalue weighted by Crippen LogP contribution is -2.39. The molecule has 1 amide bonds. The van der Waals surface area contributed by atoms with Crippen LogP contribution >= 0.6 is 15.9 Å². The van der Waals surface area contributed by atoms with Crippen LogP contribution in [0.3, 0.4) is 0 Å². The maximum Gasteiger partial charge on any atom is 0.246 e. The lowest BCUT2D eigenvalue weighted by atomic mass is 10.0. The van der Waals surface area contributed by atoms with E-state index in [1.807, 2.05) is 18.2 Å². The summed E-state index contributed by atoms with van der Waals surface area (Å²) in [5, 5.41) is 6.63. The van der Waals surface area contributed by atoms with Crippen LogP contribution in [0, 0.1) is 11.8 Å². The normalized spacial score (nSPS) is 25.6. The summed E-state index contributed by atoms with van der Waals surface area (Å²) in [6.07, 6.45) is 5.30. The number of hydrogen-bond acceptors (Lipinski definition) is 2. The average molecular weight is 321 g/mol. The second-order valence-electron chi connectivity index (χ2n) is 5.99. The maximum atomic E-state index is 12.2. The highest BCUT2D eigenvalue weighted by Crippen LogP contribution is 2.46. The van der Waals surface area contributed by atoms with Crippen molar-refractivity contribution in [3.8, 4) is 0 Å². The van der Waals surface area contributed by atoms with Crippen molar-refractivity contribution in [3.05, 3.63) is 28.2 Å². The summed E-state index contributed by atoms with van der Waals surface area (Å²) >= 11 is 3.58. The van der Waals surface area contributed by atoms with Gasteiger partial charge in [0.25, 0.3) is 0 Å². The maximum absolute atomic E-state index is 12.2. The largest absolute Gasteiger partial charge is 0.324 e. The fourth-order valence-electron chi connectivity index (χ4n) is 3.19. The second kappa shape index (κ2) is 4.32. The van der Waals surface area contributed by atoms with Gasteiger partial charge in [0.1, 0.15) is 6.04 Å². The first kappa shape index (κ1) is 11.9. The molecule has 1 aromatic rings. The Morgan fingerprint density at radius 2 is 1.89 bits per heavy atom. The number of fused-ring (bicyclic) bond motifs is 1. The molecule has 4 heteroatoms. The van der Waals surface area contributed by atoms with Crippen LogP contribution in [-0.4, -0.2) is 11.9 Å². The minimum Gasteiger partial charge on any atom is -0.324 e. The zero-order valence-corrected chi connectivity index (χ0v) is 12.2. The van der Waals surface area contributed by atoms with Crippen LogP contribution in [0.25, 0.3) is 0 Å². The molecule has 1 aromatic carbocycles. The third-order valence-corrected chi connectivity index (χ3v) is 5.17. The van der Waals surface area contributed by atoms with Gasteiger partial charge in [-0.25, -0.2) is 0 Å². The number of halogens is 1. The molecule has 1 unspecified atom stereocenters. The molecule has 19 heavy (non-hydrogen) atoms. The van der Waals surface area contributed by atoms with E-state index >= 15 is 0 Å². The van der Waals surface area contributed by atoms with Crippen molar-refractivity contribution in [2.75, 3.05) is 5.32 Å². The van der Waals surface area contributed by atoms with Crippen LogP contribution in [0.2, 0.25) is 0 Å². The molecule has 1 atom stereocenters. The molecule has 1 aliphatic heterocycles. The smallest absolute Gasteiger partial charge is 0.246 e. The predicted molar refractivity (Wildman–Crippen MR) is 77.9 cm³/mol. The summed E-state index contributed by atoms with van der Waals surface area (Å²) in [5.41, 5.74) is 2.03. The van der Waals surface area contributed by atoms with Crippen LogP contribution in [0.4, 0.5) is 5.69 Å². The van der Waals surface area contributed by atoms with E-state index in [-0.39, 0.29) is 11.9 Å². The molecule has 0 saturated heterocycles. The molecule has 0 bridgehead atoms. The molecular weight excluding hydrogens is 304 g/mol. The summed E-state index contributed by atoms with van der Waals surface area (Å²) in [7, 11) is 0. The Hall–Kier alpha value is -0.870. The molecule has 0 radical (unpaired) electrons. The van der Waals surface area contributed by atoms with Gasteiger partial charge in [0.15, 0.2) is 0 Å². The first-order chi connectivity index (χ1) is 9.24. The average Bonchev–Trinajstić information content (AvgIpc) is 3.25. The molecule has 3 nitrogen and oxygen atoms in total. The highest BCUT2D eigenvalue weighted by Gasteiger charge is 2.44. The number of amides is 1. The lowest BCUT2D eigenvalue weighted by Gasteiger charge is -2.22. The molecule has 0 aromatic heterocycles. The summed E-state index contributed by atoms with van der Waals surface area (Å²) in [4.78, 5) is 12.2. The summed E-state index contributed by atoms with van der Waals surface area (Å²) in [6.45, 7) is 0. The Balaban J connectivity index is 1.62. The minimum absolute atomic E-state index is 0.0909. The standard InChI is InChI=1S/C15H17BrN2O/c16-10-2-1-3-11-12(10)14(15(19)17-11)18-13(8-4-5-8)9-6-7-9/h1-3,8-9,13-14,18H,4-7H2,(H,17,19). The molecule has 4 rings (SSSR count). The van der Waals surface area contributed by atoms with Gasteiger partial charge in [-0.3, -0.25) is 10.1 Å². The van der Waals surface area contributed by atoms with Gasteiger partial charge < -0.3 is 5.32 Å².